The average Bonchev–Trinajstić information content (AvgIpc) is 2.72. The number of alkyl halides is 3. The summed E-state index contributed by atoms with van der Waals surface area (Å²) in [5.74, 6) is -0.537. The zero-order chi connectivity index (χ0) is 20.1. The minimum absolute atomic E-state index is 0.114. The third-order valence-electron chi connectivity index (χ3n) is 4.61. The first-order valence-electron chi connectivity index (χ1n) is 8.88. The number of hydrogen-bond acceptors (Lipinski definition) is 3. The van der Waals surface area contributed by atoms with Crippen LogP contribution in [0.2, 0.25) is 0 Å². The van der Waals surface area contributed by atoms with Gasteiger partial charge in [0.15, 0.2) is 0 Å². The van der Waals surface area contributed by atoms with E-state index in [0.717, 1.165) is 12.1 Å². The number of benzene rings is 2. The van der Waals surface area contributed by atoms with Crippen LogP contribution in [0.4, 0.5) is 18.9 Å². The van der Waals surface area contributed by atoms with Gasteiger partial charge in [0.2, 0.25) is 5.91 Å². The molecule has 2 aromatic carbocycles. The summed E-state index contributed by atoms with van der Waals surface area (Å²) in [5.41, 5.74) is 0.274. The Labute approximate surface area is 160 Å². The molecule has 1 aliphatic rings. The second-order valence-corrected chi connectivity index (χ2v) is 6.46. The van der Waals surface area contributed by atoms with E-state index in [1.54, 1.807) is 41.3 Å². The maximum absolute atomic E-state index is 12.9. The van der Waals surface area contributed by atoms with Gasteiger partial charge in [0.05, 0.1) is 12.1 Å². The molecule has 0 atom stereocenters. The van der Waals surface area contributed by atoms with Gasteiger partial charge in [0.1, 0.15) is 0 Å². The van der Waals surface area contributed by atoms with Gasteiger partial charge in [0, 0.05) is 37.4 Å². The average molecular weight is 391 g/mol. The Morgan fingerprint density at radius 1 is 0.929 bits per heavy atom. The van der Waals surface area contributed by atoms with Crippen molar-refractivity contribution in [2.45, 2.75) is 6.18 Å². The molecule has 0 bridgehead atoms. The molecule has 148 valence electrons. The van der Waals surface area contributed by atoms with Gasteiger partial charge in [-0.15, -0.1) is 0 Å². The van der Waals surface area contributed by atoms with Gasteiger partial charge in [-0.25, -0.2) is 0 Å². The first kappa shape index (κ1) is 19.7. The van der Waals surface area contributed by atoms with Crippen LogP contribution in [-0.4, -0.2) is 49.4 Å². The van der Waals surface area contributed by atoms with Gasteiger partial charge < -0.3 is 15.1 Å². The first-order valence-corrected chi connectivity index (χ1v) is 8.88. The SMILES string of the molecule is O=C(NCC(=O)N1CCN(c2cccc(C(F)(F)F)c2)CC1)c1ccccc1. The highest BCUT2D eigenvalue weighted by Gasteiger charge is 2.31. The fourth-order valence-electron chi connectivity index (χ4n) is 3.05. The Kier molecular flexibility index (Phi) is 5.87. The van der Waals surface area contributed by atoms with E-state index in [1.807, 2.05) is 4.90 Å². The van der Waals surface area contributed by atoms with Crippen molar-refractivity contribution in [3.05, 3.63) is 65.7 Å². The number of halogens is 3. The van der Waals surface area contributed by atoms with Crippen molar-refractivity contribution >= 4 is 17.5 Å². The molecule has 0 radical (unpaired) electrons. The Morgan fingerprint density at radius 2 is 1.61 bits per heavy atom. The normalized spacial score (nSPS) is 14.7. The Morgan fingerprint density at radius 3 is 2.25 bits per heavy atom. The van der Waals surface area contributed by atoms with Crippen molar-refractivity contribution in [2.24, 2.45) is 0 Å². The number of hydrogen-bond donors (Lipinski definition) is 1. The topological polar surface area (TPSA) is 52.7 Å². The molecule has 0 aliphatic carbocycles. The standard InChI is InChI=1S/C20H20F3N3O2/c21-20(22,23)16-7-4-8-17(13-16)25-9-11-26(12-10-25)18(27)14-24-19(28)15-5-2-1-3-6-15/h1-8,13H,9-12,14H2,(H,24,28). The van der Waals surface area contributed by atoms with Gasteiger partial charge in [0.25, 0.3) is 5.91 Å². The minimum atomic E-state index is -4.38. The molecule has 3 rings (SSSR count). The van der Waals surface area contributed by atoms with E-state index in [2.05, 4.69) is 5.32 Å². The molecule has 1 heterocycles. The number of anilines is 1. The van der Waals surface area contributed by atoms with Crippen molar-refractivity contribution < 1.29 is 22.8 Å². The summed E-state index contributed by atoms with van der Waals surface area (Å²) in [6.45, 7) is 1.52. The van der Waals surface area contributed by atoms with Crippen molar-refractivity contribution in [1.82, 2.24) is 10.2 Å². The molecule has 8 heteroatoms. The summed E-state index contributed by atoms with van der Waals surface area (Å²) < 4.78 is 38.6. The van der Waals surface area contributed by atoms with E-state index < -0.39 is 11.7 Å². The quantitative estimate of drug-likeness (QED) is 0.872. The van der Waals surface area contributed by atoms with Crippen LogP contribution in [0.3, 0.4) is 0 Å². The van der Waals surface area contributed by atoms with E-state index in [-0.39, 0.29) is 18.4 Å². The van der Waals surface area contributed by atoms with E-state index >= 15 is 0 Å². The molecule has 28 heavy (non-hydrogen) atoms. The van der Waals surface area contributed by atoms with Gasteiger partial charge >= 0.3 is 6.18 Å². The third kappa shape index (κ3) is 4.82. The second-order valence-electron chi connectivity index (χ2n) is 6.46. The van der Waals surface area contributed by atoms with Crippen molar-refractivity contribution in [2.75, 3.05) is 37.6 Å². The van der Waals surface area contributed by atoms with Crippen LogP contribution in [0.1, 0.15) is 15.9 Å². The lowest BCUT2D eigenvalue weighted by atomic mass is 10.1. The summed E-state index contributed by atoms with van der Waals surface area (Å²) in [6.07, 6.45) is -4.38. The van der Waals surface area contributed by atoms with Gasteiger partial charge in [-0.3, -0.25) is 9.59 Å². The molecule has 0 saturated carbocycles. The molecule has 2 amide bonds. The molecule has 2 aromatic rings. The zero-order valence-electron chi connectivity index (χ0n) is 15.1. The molecule has 0 unspecified atom stereocenters. The summed E-state index contributed by atoms with van der Waals surface area (Å²) in [6, 6.07) is 13.8. The van der Waals surface area contributed by atoms with Gasteiger partial charge in [-0.05, 0) is 30.3 Å². The van der Waals surface area contributed by atoms with Crippen LogP contribution in [0.25, 0.3) is 0 Å². The molecule has 0 aromatic heterocycles. The molecule has 1 fully saturated rings. The lowest BCUT2D eigenvalue weighted by Gasteiger charge is -2.36. The molecular weight excluding hydrogens is 371 g/mol. The number of carbonyl (C=O) groups excluding carboxylic acids is 2. The maximum atomic E-state index is 12.9. The number of nitrogens with one attached hydrogen (secondary N) is 1. The van der Waals surface area contributed by atoms with Crippen LogP contribution in [-0.2, 0) is 11.0 Å². The third-order valence-corrected chi connectivity index (χ3v) is 4.61. The summed E-state index contributed by atoms with van der Waals surface area (Å²) in [7, 11) is 0. The lowest BCUT2D eigenvalue weighted by Crippen LogP contribution is -2.51. The van der Waals surface area contributed by atoms with E-state index in [1.165, 1.54) is 6.07 Å². The monoisotopic (exact) mass is 391 g/mol. The molecule has 0 spiro atoms. The molecular formula is C20H20F3N3O2. The molecule has 1 aliphatic heterocycles. The zero-order valence-corrected chi connectivity index (χ0v) is 15.1. The highest BCUT2D eigenvalue weighted by molar-refractivity contribution is 5.96. The maximum Gasteiger partial charge on any atom is 0.416 e. The number of carbonyl (C=O) groups is 2. The highest BCUT2D eigenvalue weighted by Crippen LogP contribution is 2.31. The van der Waals surface area contributed by atoms with E-state index in [9.17, 15) is 22.8 Å². The summed E-state index contributed by atoms with van der Waals surface area (Å²) >= 11 is 0. The van der Waals surface area contributed by atoms with Gasteiger partial charge in [-0.2, -0.15) is 13.2 Å². The van der Waals surface area contributed by atoms with Crippen LogP contribution < -0.4 is 10.2 Å². The summed E-state index contributed by atoms with van der Waals surface area (Å²) in [4.78, 5) is 27.7. The van der Waals surface area contributed by atoms with Crippen LogP contribution >= 0.6 is 0 Å². The number of amides is 2. The Balaban J connectivity index is 1.51. The fourth-order valence-corrected chi connectivity index (χ4v) is 3.05. The van der Waals surface area contributed by atoms with Gasteiger partial charge in [-0.1, -0.05) is 24.3 Å². The van der Waals surface area contributed by atoms with E-state index in [0.29, 0.717) is 37.4 Å². The molecule has 5 nitrogen and oxygen atoms in total. The Bertz CT molecular complexity index is 832. The number of rotatable bonds is 4. The second kappa shape index (κ2) is 8.33. The lowest BCUT2D eigenvalue weighted by molar-refractivity contribution is -0.137. The predicted molar refractivity (Wildman–Crippen MR) is 99.0 cm³/mol. The van der Waals surface area contributed by atoms with Crippen molar-refractivity contribution in [3.8, 4) is 0 Å². The van der Waals surface area contributed by atoms with Crippen LogP contribution in [0, 0.1) is 0 Å². The Hall–Kier alpha value is -3.03. The fraction of sp³-hybridized carbons (Fsp3) is 0.300. The van der Waals surface area contributed by atoms with Crippen molar-refractivity contribution in [3.63, 3.8) is 0 Å². The summed E-state index contributed by atoms with van der Waals surface area (Å²) in [5, 5.41) is 2.59. The largest absolute Gasteiger partial charge is 0.416 e. The molecule has 1 N–H and O–H groups in total. The first-order chi connectivity index (χ1) is 13.3. The van der Waals surface area contributed by atoms with Crippen molar-refractivity contribution in [1.29, 1.82) is 0 Å². The van der Waals surface area contributed by atoms with E-state index in [4.69, 9.17) is 0 Å². The number of nitrogens with zero attached hydrogens (tertiary/aromatic N) is 2. The molecule has 1 saturated heterocycles. The smallest absolute Gasteiger partial charge is 0.368 e. The minimum Gasteiger partial charge on any atom is -0.368 e. The highest BCUT2D eigenvalue weighted by atomic mass is 19.4. The van der Waals surface area contributed by atoms with Crippen LogP contribution in [0.5, 0.6) is 0 Å². The van der Waals surface area contributed by atoms with Crippen LogP contribution in [0.15, 0.2) is 54.6 Å². The number of piperazine rings is 1. The predicted octanol–water partition coefficient (Wildman–Crippen LogP) is 2.78.